The van der Waals surface area contributed by atoms with E-state index in [9.17, 15) is 4.79 Å². The number of terminal acetylenes is 1. The number of ether oxygens (including phenoxy) is 3. The number of hydrogen-bond acceptors (Lipinski definition) is 4. The predicted octanol–water partition coefficient (Wildman–Crippen LogP) is 1.74. The minimum Gasteiger partial charge on any atom is -0.423 e. The van der Waals surface area contributed by atoms with Gasteiger partial charge in [-0.3, -0.25) is 0 Å². The second-order valence-electron chi connectivity index (χ2n) is 3.61. The molecule has 88 valence electrons. The molecule has 1 aromatic rings. The van der Waals surface area contributed by atoms with Gasteiger partial charge in [0.25, 0.3) is 0 Å². The van der Waals surface area contributed by atoms with Crippen LogP contribution >= 0.6 is 0 Å². The largest absolute Gasteiger partial charge is 0.510 e. The lowest BCUT2D eigenvalue weighted by molar-refractivity contribution is 0.0316. The van der Waals surface area contributed by atoms with Gasteiger partial charge in [-0.1, -0.05) is 36.3 Å². The highest BCUT2D eigenvalue weighted by Gasteiger charge is 2.35. The molecule has 0 radical (unpaired) electrons. The van der Waals surface area contributed by atoms with Gasteiger partial charge in [0.2, 0.25) is 6.10 Å². The Balaban J connectivity index is 1.79. The van der Waals surface area contributed by atoms with E-state index in [1.54, 1.807) is 0 Å². The summed E-state index contributed by atoms with van der Waals surface area (Å²) in [4.78, 5) is 10.9. The van der Waals surface area contributed by atoms with Gasteiger partial charge in [0.15, 0.2) is 6.10 Å². The van der Waals surface area contributed by atoms with Crippen LogP contribution in [-0.4, -0.2) is 25.0 Å². The first-order valence-electron chi connectivity index (χ1n) is 5.24. The Hall–Kier alpha value is -1.99. The van der Waals surface area contributed by atoms with Crippen molar-refractivity contribution in [2.24, 2.45) is 0 Å². The Morgan fingerprint density at radius 3 is 2.76 bits per heavy atom. The molecular formula is C13H12O4. The Morgan fingerprint density at radius 1 is 1.29 bits per heavy atom. The fourth-order valence-corrected chi connectivity index (χ4v) is 1.52. The zero-order valence-electron chi connectivity index (χ0n) is 9.17. The number of carbonyl (C=O) groups is 1. The second kappa shape index (κ2) is 5.37. The van der Waals surface area contributed by atoms with Crippen molar-refractivity contribution in [2.75, 3.05) is 6.61 Å². The summed E-state index contributed by atoms with van der Waals surface area (Å²) in [5.41, 5.74) is 1.05. The first-order chi connectivity index (χ1) is 8.29. The maximum atomic E-state index is 10.9. The summed E-state index contributed by atoms with van der Waals surface area (Å²) in [5, 5.41) is 0. The van der Waals surface area contributed by atoms with E-state index in [4.69, 9.17) is 20.6 Å². The molecule has 0 spiro atoms. The molecule has 1 heterocycles. The lowest BCUT2D eigenvalue weighted by Crippen LogP contribution is -2.26. The maximum Gasteiger partial charge on any atom is 0.510 e. The van der Waals surface area contributed by atoms with Crippen molar-refractivity contribution in [1.29, 1.82) is 0 Å². The molecule has 1 aliphatic rings. The minimum atomic E-state index is -0.735. The van der Waals surface area contributed by atoms with Crippen LogP contribution in [0.3, 0.4) is 0 Å². The molecule has 0 aliphatic carbocycles. The molecule has 2 atom stereocenters. The third-order valence-electron chi connectivity index (χ3n) is 2.37. The molecule has 1 unspecified atom stereocenters. The van der Waals surface area contributed by atoms with Crippen LogP contribution in [0.1, 0.15) is 5.56 Å². The smallest absolute Gasteiger partial charge is 0.423 e. The molecule has 0 N–H and O–H groups in total. The quantitative estimate of drug-likeness (QED) is 0.586. The second-order valence-corrected chi connectivity index (χ2v) is 3.61. The number of rotatable bonds is 4. The van der Waals surface area contributed by atoms with E-state index in [-0.39, 0.29) is 6.61 Å². The van der Waals surface area contributed by atoms with Crippen molar-refractivity contribution >= 4 is 6.16 Å². The summed E-state index contributed by atoms with van der Waals surface area (Å²) >= 11 is 0. The van der Waals surface area contributed by atoms with Gasteiger partial charge in [-0.15, -0.1) is 6.42 Å². The standard InChI is InChI=1S/C13H12O4/c1-2-11-12(17-13(14)16-11)9-15-8-10-6-4-3-5-7-10/h1,3-7,11-12H,8-9H2/t11?,12-/m0/s1. The van der Waals surface area contributed by atoms with Gasteiger partial charge in [-0.2, -0.15) is 0 Å². The molecule has 1 aliphatic heterocycles. The molecule has 0 aromatic heterocycles. The Labute approximate surface area is 99.5 Å². The third-order valence-corrected chi connectivity index (χ3v) is 2.37. The molecule has 0 saturated carbocycles. The van der Waals surface area contributed by atoms with E-state index in [0.717, 1.165) is 5.56 Å². The summed E-state index contributed by atoms with van der Waals surface area (Å²) in [6.45, 7) is 0.682. The fraction of sp³-hybridized carbons (Fsp3) is 0.308. The summed E-state index contributed by atoms with van der Waals surface area (Å²) in [6, 6.07) is 9.71. The molecule has 2 rings (SSSR count). The van der Waals surface area contributed by atoms with Gasteiger partial charge in [0.1, 0.15) is 0 Å². The van der Waals surface area contributed by atoms with Gasteiger partial charge in [-0.05, 0) is 5.56 Å². The molecule has 17 heavy (non-hydrogen) atoms. The highest BCUT2D eigenvalue weighted by Crippen LogP contribution is 2.15. The topological polar surface area (TPSA) is 44.8 Å². The van der Waals surface area contributed by atoms with Crippen LogP contribution in [0.4, 0.5) is 4.79 Å². The Kier molecular flexibility index (Phi) is 3.63. The first-order valence-corrected chi connectivity index (χ1v) is 5.24. The SMILES string of the molecule is C#CC1OC(=O)O[C@H]1COCc1ccccc1. The highest BCUT2D eigenvalue weighted by molar-refractivity contribution is 5.63. The van der Waals surface area contributed by atoms with Crippen LogP contribution in [0.5, 0.6) is 0 Å². The van der Waals surface area contributed by atoms with E-state index in [2.05, 4.69) is 5.92 Å². The molecule has 1 aromatic carbocycles. The van der Waals surface area contributed by atoms with E-state index in [1.807, 2.05) is 30.3 Å². The van der Waals surface area contributed by atoms with E-state index in [0.29, 0.717) is 6.61 Å². The van der Waals surface area contributed by atoms with E-state index < -0.39 is 18.4 Å². The average Bonchev–Trinajstić information content (AvgIpc) is 2.71. The molecule has 0 bridgehead atoms. The summed E-state index contributed by atoms with van der Waals surface area (Å²) in [7, 11) is 0. The van der Waals surface area contributed by atoms with Gasteiger partial charge in [-0.25, -0.2) is 4.79 Å². The van der Waals surface area contributed by atoms with Crippen LogP contribution in [-0.2, 0) is 20.8 Å². The van der Waals surface area contributed by atoms with E-state index >= 15 is 0 Å². The van der Waals surface area contributed by atoms with Gasteiger partial charge in [0.05, 0.1) is 13.2 Å². The Bertz CT molecular complexity index is 421. The Morgan fingerprint density at radius 2 is 2.06 bits per heavy atom. The molecule has 0 amide bonds. The van der Waals surface area contributed by atoms with Crippen LogP contribution in [0.2, 0.25) is 0 Å². The van der Waals surface area contributed by atoms with Gasteiger partial charge < -0.3 is 14.2 Å². The van der Waals surface area contributed by atoms with Crippen LogP contribution in [0, 0.1) is 12.3 Å². The van der Waals surface area contributed by atoms with Crippen LogP contribution < -0.4 is 0 Å². The van der Waals surface area contributed by atoms with E-state index in [1.165, 1.54) is 0 Å². The number of carbonyl (C=O) groups excluding carboxylic acids is 1. The van der Waals surface area contributed by atoms with Gasteiger partial charge in [0, 0.05) is 0 Å². The summed E-state index contributed by atoms with van der Waals surface area (Å²) in [6.07, 6.45) is 3.30. The molecular weight excluding hydrogens is 220 g/mol. The van der Waals surface area contributed by atoms with Crippen molar-refractivity contribution < 1.29 is 19.0 Å². The molecule has 1 saturated heterocycles. The van der Waals surface area contributed by atoms with Crippen molar-refractivity contribution in [1.82, 2.24) is 0 Å². The first kappa shape index (κ1) is 11.5. The normalized spacial score (nSPS) is 22.6. The zero-order chi connectivity index (χ0) is 12.1. The molecule has 4 nitrogen and oxygen atoms in total. The maximum absolute atomic E-state index is 10.9. The number of benzene rings is 1. The minimum absolute atomic E-state index is 0.232. The van der Waals surface area contributed by atoms with Crippen LogP contribution in [0.15, 0.2) is 30.3 Å². The van der Waals surface area contributed by atoms with Crippen molar-refractivity contribution in [3.05, 3.63) is 35.9 Å². The van der Waals surface area contributed by atoms with Crippen molar-refractivity contribution in [3.8, 4) is 12.3 Å². The zero-order valence-corrected chi connectivity index (χ0v) is 9.17. The van der Waals surface area contributed by atoms with Gasteiger partial charge >= 0.3 is 6.16 Å². The number of hydrogen-bond donors (Lipinski definition) is 0. The fourth-order valence-electron chi connectivity index (χ4n) is 1.52. The lowest BCUT2D eigenvalue weighted by Gasteiger charge is -2.10. The third kappa shape index (κ3) is 2.99. The highest BCUT2D eigenvalue weighted by atomic mass is 16.8. The van der Waals surface area contributed by atoms with Crippen molar-refractivity contribution in [3.63, 3.8) is 0 Å². The summed E-state index contributed by atoms with van der Waals surface area (Å²) in [5.74, 6) is 2.35. The monoisotopic (exact) mass is 232 g/mol. The van der Waals surface area contributed by atoms with Crippen molar-refractivity contribution in [2.45, 2.75) is 18.8 Å². The number of cyclic esters (lactones) is 2. The lowest BCUT2D eigenvalue weighted by atomic mass is 10.2. The average molecular weight is 232 g/mol. The molecule has 4 heteroatoms. The summed E-state index contributed by atoms with van der Waals surface area (Å²) < 4.78 is 15.1. The van der Waals surface area contributed by atoms with Crippen LogP contribution in [0.25, 0.3) is 0 Å². The molecule has 1 fully saturated rings. The predicted molar refractivity (Wildman–Crippen MR) is 60.1 cm³/mol.